The molecule has 128 valence electrons. The fourth-order valence-electron chi connectivity index (χ4n) is 2.18. The Bertz CT molecular complexity index is 641. The van der Waals surface area contributed by atoms with Gasteiger partial charge in [0.05, 0.1) is 0 Å². The van der Waals surface area contributed by atoms with Crippen LogP contribution in [0.1, 0.15) is 29.3 Å². The fourth-order valence-corrected chi connectivity index (χ4v) is 2.18. The third-order valence-electron chi connectivity index (χ3n) is 3.56. The van der Waals surface area contributed by atoms with Crippen molar-refractivity contribution in [2.75, 3.05) is 13.2 Å². The average Bonchev–Trinajstić information content (AvgIpc) is 2.61. The molecule has 0 saturated heterocycles. The van der Waals surface area contributed by atoms with Crippen molar-refractivity contribution in [2.24, 2.45) is 0 Å². The lowest BCUT2D eigenvalue weighted by Crippen LogP contribution is -2.31. The largest absolute Gasteiger partial charge is 0.491 e. The van der Waals surface area contributed by atoms with E-state index < -0.39 is 6.10 Å². The molecule has 0 heterocycles. The maximum atomic E-state index is 12.8. The van der Waals surface area contributed by atoms with Gasteiger partial charge >= 0.3 is 0 Å². The molecule has 0 unspecified atom stereocenters. The lowest BCUT2D eigenvalue weighted by Gasteiger charge is -2.13. The number of hydrogen-bond donors (Lipinski definition) is 2. The summed E-state index contributed by atoms with van der Waals surface area (Å²) in [4.78, 5) is 11.5. The van der Waals surface area contributed by atoms with Crippen molar-refractivity contribution >= 4 is 5.78 Å². The molecule has 2 N–H and O–H groups in total. The summed E-state index contributed by atoms with van der Waals surface area (Å²) >= 11 is 0. The van der Waals surface area contributed by atoms with Gasteiger partial charge < -0.3 is 15.2 Å². The van der Waals surface area contributed by atoms with Crippen molar-refractivity contribution < 1.29 is 19.0 Å². The fraction of sp³-hybridized carbons (Fsp3) is 0.316. The van der Waals surface area contributed by atoms with E-state index in [1.165, 1.54) is 12.1 Å². The number of hydrogen-bond acceptors (Lipinski definition) is 4. The molecule has 0 bridgehead atoms. The molecule has 4 nitrogen and oxygen atoms in total. The highest BCUT2D eigenvalue weighted by atomic mass is 19.1. The van der Waals surface area contributed by atoms with Gasteiger partial charge in [-0.2, -0.15) is 0 Å². The molecule has 0 aliphatic rings. The molecule has 2 rings (SSSR count). The van der Waals surface area contributed by atoms with Crippen LogP contribution in [0.2, 0.25) is 0 Å². The van der Waals surface area contributed by atoms with Crippen molar-refractivity contribution in [2.45, 2.75) is 26.0 Å². The van der Waals surface area contributed by atoms with Crippen molar-refractivity contribution in [3.63, 3.8) is 0 Å². The number of ketones is 1. The van der Waals surface area contributed by atoms with E-state index in [1.54, 1.807) is 36.4 Å². The zero-order chi connectivity index (χ0) is 17.4. The number of carbonyl (C=O) groups excluding carboxylic acids is 1. The smallest absolute Gasteiger partial charge is 0.162 e. The highest BCUT2D eigenvalue weighted by Gasteiger charge is 2.07. The van der Waals surface area contributed by atoms with Crippen LogP contribution >= 0.6 is 0 Å². The van der Waals surface area contributed by atoms with Crippen LogP contribution in [-0.4, -0.2) is 30.1 Å². The number of nitrogens with one attached hydrogen (secondary N) is 1. The van der Waals surface area contributed by atoms with E-state index in [9.17, 15) is 14.3 Å². The topological polar surface area (TPSA) is 58.6 Å². The first-order valence-corrected chi connectivity index (χ1v) is 7.97. The molecule has 0 spiro atoms. The summed E-state index contributed by atoms with van der Waals surface area (Å²) in [5.74, 6) is 0.436. The van der Waals surface area contributed by atoms with E-state index in [0.29, 0.717) is 30.8 Å². The molecule has 0 amide bonds. The number of ether oxygens (including phenoxy) is 1. The summed E-state index contributed by atoms with van der Waals surface area (Å²) in [7, 11) is 0. The molecule has 0 fully saturated rings. The summed E-state index contributed by atoms with van der Waals surface area (Å²) in [5, 5.41) is 13.0. The Hall–Kier alpha value is -2.24. The summed E-state index contributed by atoms with van der Waals surface area (Å²) in [6.07, 6.45) is -0.194. The van der Waals surface area contributed by atoms with Crippen molar-refractivity contribution in [1.82, 2.24) is 5.32 Å². The van der Waals surface area contributed by atoms with Crippen LogP contribution < -0.4 is 10.1 Å². The van der Waals surface area contributed by atoms with Gasteiger partial charge in [-0.05, 0) is 42.0 Å². The zero-order valence-corrected chi connectivity index (χ0v) is 13.7. The van der Waals surface area contributed by atoms with Crippen LogP contribution in [0.4, 0.5) is 4.39 Å². The predicted octanol–water partition coefficient (Wildman–Crippen LogP) is 2.95. The van der Waals surface area contributed by atoms with E-state index in [0.717, 1.165) is 5.56 Å². The monoisotopic (exact) mass is 331 g/mol. The number of Topliss-reactive ketones (excluding diaryl/α,β-unsaturated/α-hetero) is 1. The Balaban J connectivity index is 1.69. The van der Waals surface area contributed by atoms with E-state index in [1.807, 2.05) is 6.92 Å². The number of rotatable bonds is 9. The quantitative estimate of drug-likeness (QED) is 0.694. The number of aliphatic hydroxyl groups is 1. The molecule has 1 atom stereocenters. The summed E-state index contributed by atoms with van der Waals surface area (Å²) in [6.45, 7) is 2.88. The lowest BCUT2D eigenvalue weighted by atomic mass is 10.1. The van der Waals surface area contributed by atoms with Gasteiger partial charge in [0.1, 0.15) is 24.3 Å². The van der Waals surface area contributed by atoms with Gasteiger partial charge in [-0.1, -0.05) is 19.1 Å². The second-order valence-electron chi connectivity index (χ2n) is 5.52. The molecule has 0 aliphatic heterocycles. The van der Waals surface area contributed by atoms with Crippen molar-refractivity contribution in [3.05, 3.63) is 65.5 Å². The van der Waals surface area contributed by atoms with E-state index in [-0.39, 0.29) is 18.2 Å². The molecule has 5 heteroatoms. The van der Waals surface area contributed by atoms with Gasteiger partial charge in [0.25, 0.3) is 0 Å². The number of benzene rings is 2. The van der Waals surface area contributed by atoms with Crippen molar-refractivity contribution in [1.29, 1.82) is 0 Å². The van der Waals surface area contributed by atoms with Gasteiger partial charge in [0.15, 0.2) is 5.78 Å². The Labute approximate surface area is 141 Å². The summed E-state index contributed by atoms with van der Waals surface area (Å²) in [6, 6.07) is 13.1. The standard InChI is InChI=1S/C19H22FNO3/c1-2-19(23)15-5-9-18(10-6-15)24-13-17(22)12-21-11-14-3-7-16(20)8-4-14/h3-10,17,21-22H,2,11-13H2,1H3/t17-/m1/s1. The highest BCUT2D eigenvalue weighted by molar-refractivity contribution is 5.95. The Morgan fingerprint density at radius 2 is 1.83 bits per heavy atom. The average molecular weight is 331 g/mol. The van der Waals surface area contributed by atoms with Crippen LogP contribution in [0.5, 0.6) is 5.75 Å². The van der Waals surface area contributed by atoms with Gasteiger partial charge in [0, 0.05) is 25.1 Å². The van der Waals surface area contributed by atoms with Crippen LogP contribution in [0.15, 0.2) is 48.5 Å². The second-order valence-corrected chi connectivity index (χ2v) is 5.52. The first kappa shape index (κ1) is 18.1. The molecule has 0 aliphatic carbocycles. The molecular formula is C19H22FNO3. The molecule has 2 aromatic rings. The third kappa shape index (κ3) is 5.76. The summed E-state index contributed by atoms with van der Waals surface area (Å²) < 4.78 is 18.3. The maximum Gasteiger partial charge on any atom is 0.162 e. The molecule has 24 heavy (non-hydrogen) atoms. The van der Waals surface area contributed by atoms with E-state index in [2.05, 4.69) is 5.32 Å². The molecule has 0 radical (unpaired) electrons. The highest BCUT2D eigenvalue weighted by Crippen LogP contribution is 2.13. The Morgan fingerprint density at radius 1 is 1.17 bits per heavy atom. The third-order valence-corrected chi connectivity index (χ3v) is 3.56. The van der Waals surface area contributed by atoms with E-state index in [4.69, 9.17) is 4.74 Å². The number of halogens is 1. The number of aliphatic hydroxyl groups excluding tert-OH is 1. The minimum atomic E-state index is -0.664. The molecule has 2 aromatic carbocycles. The Morgan fingerprint density at radius 3 is 2.46 bits per heavy atom. The van der Waals surface area contributed by atoms with Crippen LogP contribution in [0.25, 0.3) is 0 Å². The molecule has 0 saturated carbocycles. The first-order chi connectivity index (χ1) is 11.6. The minimum absolute atomic E-state index is 0.0894. The minimum Gasteiger partial charge on any atom is -0.491 e. The predicted molar refractivity (Wildman–Crippen MR) is 90.7 cm³/mol. The van der Waals surface area contributed by atoms with Gasteiger partial charge in [-0.25, -0.2) is 4.39 Å². The van der Waals surface area contributed by atoms with Gasteiger partial charge in [0.2, 0.25) is 0 Å². The Kier molecular flexibility index (Phi) is 6.90. The van der Waals surface area contributed by atoms with Crippen LogP contribution in [0.3, 0.4) is 0 Å². The first-order valence-electron chi connectivity index (χ1n) is 7.97. The molecule has 0 aromatic heterocycles. The maximum absolute atomic E-state index is 12.8. The summed E-state index contributed by atoms with van der Waals surface area (Å²) in [5.41, 5.74) is 1.60. The lowest BCUT2D eigenvalue weighted by molar-refractivity contribution is 0.0986. The van der Waals surface area contributed by atoms with E-state index >= 15 is 0 Å². The van der Waals surface area contributed by atoms with Crippen LogP contribution in [-0.2, 0) is 6.54 Å². The second kappa shape index (κ2) is 9.15. The SMILES string of the molecule is CCC(=O)c1ccc(OC[C@H](O)CNCc2ccc(F)cc2)cc1. The van der Waals surface area contributed by atoms with Crippen molar-refractivity contribution in [3.8, 4) is 5.75 Å². The number of carbonyl (C=O) groups is 1. The zero-order valence-electron chi connectivity index (χ0n) is 13.7. The molecular weight excluding hydrogens is 309 g/mol. The van der Waals surface area contributed by atoms with Gasteiger partial charge in [-0.3, -0.25) is 4.79 Å². The van der Waals surface area contributed by atoms with Crippen LogP contribution in [0, 0.1) is 5.82 Å². The normalized spacial score (nSPS) is 12.0. The van der Waals surface area contributed by atoms with Gasteiger partial charge in [-0.15, -0.1) is 0 Å².